The second-order valence-electron chi connectivity index (χ2n) is 7.65. The molecule has 0 aliphatic heterocycles. The van der Waals surface area contributed by atoms with Crippen LogP contribution in [0.1, 0.15) is 66.2 Å². The molecule has 106 valence electrons. The van der Waals surface area contributed by atoms with E-state index in [1.807, 2.05) is 0 Å². The van der Waals surface area contributed by atoms with Crippen LogP contribution in [0.3, 0.4) is 0 Å². The Hall–Kier alpha value is -0.0400. The van der Waals surface area contributed by atoms with E-state index in [1.165, 1.54) is 45.1 Å². The third-order valence-electron chi connectivity index (χ3n) is 5.14. The Labute approximate surface area is 114 Å². The summed E-state index contributed by atoms with van der Waals surface area (Å²) in [6.07, 6.45) is 8.74. The molecule has 18 heavy (non-hydrogen) atoms. The monoisotopic (exact) mass is 251 g/mol. The Morgan fingerprint density at radius 2 is 1.67 bits per heavy atom. The summed E-state index contributed by atoms with van der Waals surface area (Å²) in [6.45, 7) is 10.9. The van der Waals surface area contributed by atoms with Crippen LogP contribution in [0.5, 0.6) is 0 Å². The first-order valence-electron chi connectivity index (χ1n) is 8.29. The van der Waals surface area contributed by atoms with E-state index < -0.39 is 0 Å². The van der Waals surface area contributed by atoms with Gasteiger partial charge in [-0.2, -0.15) is 0 Å². The van der Waals surface area contributed by atoms with E-state index in [2.05, 4.69) is 33.0 Å². The molecule has 0 aromatic carbocycles. The van der Waals surface area contributed by atoms with Crippen LogP contribution in [0.4, 0.5) is 0 Å². The highest BCUT2D eigenvalue weighted by molar-refractivity contribution is 4.87. The molecule has 0 aromatic heterocycles. The molecule has 0 radical (unpaired) electrons. The van der Waals surface area contributed by atoms with Gasteiger partial charge in [0.1, 0.15) is 0 Å². The highest BCUT2D eigenvalue weighted by Crippen LogP contribution is 2.40. The van der Waals surface area contributed by atoms with Gasteiger partial charge in [0.15, 0.2) is 0 Å². The van der Waals surface area contributed by atoms with Crippen LogP contribution < -0.4 is 5.32 Å². The standard InChI is InChI=1S/C17H33N/c1-12(2)9-16-10-14(13(3)4)5-6-15(16)11-18-17-7-8-17/h12-18H,5-11H2,1-4H3. The van der Waals surface area contributed by atoms with Gasteiger partial charge >= 0.3 is 0 Å². The third kappa shape index (κ3) is 4.26. The maximum atomic E-state index is 3.77. The molecule has 1 heteroatoms. The van der Waals surface area contributed by atoms with Crippen LogP contribution in [-0.2, 0) is 0 Å². The van der Waals surface area contributed by atoms with E-state index >= 15 is 0 Å². The lowest BCUT2D eigenvalue weighted by Gasteiger charge is -2.39. The average Bonchev–Trinajstić information content (AvgIpc) is 3.10. The van der Waals surface area contributed by atoms with Crippen molar-refractivity contribution in [3.05, 3.63) is 0 Å². The van der Waals surface area contributed by atoms with Gasteiger partial charge in [0.2, 0.25) is 0 Å². The zero-order valence-electron chi connectivity index (χ0n) is 12.9. The molecule has 0 aromatic rings. The van der Waals surface area contributed by atoms with E-state index in [-0.39, 0.29) is 0 Å². The lowest BCUT2D eigenvalue weighted by atomic mass is 9.68. The SMILES string of the molecule is CC(C)CC1CC(C(C)C)CCC1CNC1CC1. The van der Waals surface area contributed by atoms with Gasteiger partial charge < -0.3 is 5.32 Å². The third-order valence-corrected chi connectivity index (χ3v) is 5.14. The van der Waals surface area contributed by atoms with Gasteiger partial charge in [0.05, 0.1) is 0 Å². The number of hydrogen-bond acceptors (Lipinski definition) is 1. The molecule has 3 atom stereocenters. The fourth-order valence-electron chi connectivity index (χ4n) is 3.74. The zero-order valence-corrected chi connectivity index (χ0v) is 12.9. The van der Waals surface area contributed by atoms with Crippen LogP contribution >= 0.6 is 0 Å². The van der Waals surface area contributed by atoms with Gasteiger partial charge in [-0.05, 0) is 74.7 Å². The smallest absolute Gasteiger partial charge is 0.00683 e. The first-order valence-corrected chi connectivity index (χ1v) is 8.29. The molecule has 2 saturated carbocycles. The molecule has 1 nitrogen and oxygen atoms in total. The van der Waals surface area contributed by atoms with Crippen molar-refractivity contribution in [3.8, 4) is 0 Å². The molecule has 2 aliphatic rings. The summed E-state index contributed by atoms with van der Waals surface area (Å²) in [4.78, 5) is 0. The normalized spacial score (nSPS) is 33.3. The topological polar surface area (TPSA) is 12.0 Å². The first kappa shape index (κ1) is 14.4. The largest absolute Gasteiger partial charge is 0.314 e. The summed E-state index contributed by atoms with van der Waals surface area (Å²) in [6, 6.07) is 0.882. The first-order chi connectivity index (χ1) is 8.56. The molecule has 2 fully saturated rings. The molecule has 0 bridgehead atoms. The Morgan fingerprint density at radius 1 is 0.944 bits per heavy atom. The molecular formula is C17H33N. The van der Waals surface area contributed by atoms with E-state index in [0.29, 0.717) is 0 Å². The van der Waals surface area contributed by atoms with Crippen molar-refractivity contribution in [2.45, 2.75) is 72.3 Å². The van der Waals surface area contributed by atoms with Gasteiger partial charge in [-0.1, -0.05) is 27.7 Å². The minimum atomic E-state index is 0.865. The summed E-state index contributed by atoms with van der Waals surface area (Å²) < 4.78 is 0. The lowest BCUT2D eigenvalue weighted by molar-refractivity contribution is 0.127. The molecule has 0 heterocycles. The number of rotatable bonds is 6. The van der Waals surface area contributed by atoms with Gasteiger partial charge in [-0.15, -0.1) is 0 Å². The predicted molar refractivity (Wildman–Crippen MR) is 79.6 cm³/mol. The maximum absolute atomic E-state index is 3.77. The van der Waals surface area contributed by atoms with Gasteiger partial charge in [-0.3, -0.25) is 0 Å². The van der Waals surface area contributed by atoms with Gasteiger partial charge in [0.25, 0.3) is 0 Å². The second-order valence-corrected chi connectivity index (χ2v) is 7.65. The fraction of sp³-hybridized carbons (Fsp3) is 1.00. The lowest BCUT2D eigenvalue weighted by Crippen LogP contribution is -2.35. The molecule has 0 saturated heterocycles. The maximum Gasteiger partial charge on any atom is 0.00683 e. The minimum absolute atomic E-state index is 0.865. The van der Waals surface area contributed by atoms with Gasteiger partial charge in [0, 0.05) is 6.04 Å². The van der Waals surface area contributed by atoms with Crippen LogP contribution in [0.25, 0.3) is 0 Å². The minimum Gasteiger partial charge on any atom is -0.314 e. The van der Waals surface area contributed by atoms with E-state index in [9.17, 15) is 0 Å². The van der Waals surface area contributed by atoms with Crippen molar-refractivity contribution < 1.29 is 0 Å². The average molecular weight is 251 g/mol. The van der Waals surface area contributed by atoms with E-state index in [4.69, 9.17) is 0 Å². The van der Waals surface area contributed by atoms with Crippen LogP contribution in [0.15, 0.2) is 0 Å². The predicted octanol–water partition coefficient (Wildman–Crippen LogP) is 4.47. The number of nitrogens with one attached hydrogen (secondary N) is 1. The molecular weight excluding hydrogens is 218 g/mol. The summed E-state index contributed by atoms with van der Waals surface area (Å²) in [5.41, 5.74) is 0. The second kappa shape index (κ2) is 6.41. The molecule has 2 rings (SSSR count). The quantitative estimate of drug-likeness (QED) is 0.734. The van der Waals surface area contributed by atoms with E-state index in [1.54, 1.807) is 0 Å². The Morgan fingerprint density at radius 3 is 2.22 bits per heavy atom. The molecule has 0 spiro atoms. The molecule has 1 N–H and O–H groups in total. The van der Waals surface area contributed by atoms with Crippen molar-refractivity contribution in [2.24, 2.45) is 29.6 Å². The highest BCUT2D eigenvalue weighted by Gasteiger charge is 2.33. The number of hydrogen-bond donors (Lipinski definition) is 1. The molecule has 2 aliphatic carbocycles. The van der Waals surface area contributed by atoms with Crippen molar-refractivity contribution in [3.63, 3.8) is 0 Å². The Balaban J connectivity index is 1.85. The Bertz CT molecular complexity index is 242. The van der Waals surface area contributed by atoms with Crippen molar-refractivity contribution in [2.75, 3.05) is 6.54 Å². The van der Waals surface area contributed by atoms with Crippen molar-refractivity contribution in [1.82, 2.24) is 5.32 Å². The summed E-state index contributed by atoms with van der Waals surface area (Å²) in [7, 11) is 0. The Kier molecular flexibility index (Phi) is 5.12. The van der Waals surface area contributed by atoms with Crippen LogP contribution in [0, 0.1) is 29.6 Å². The van der Waals surface area contributed by atoms with Crippen LogP contribution in [-0.4, -0.2) is 12.6 Å². The molecule has 0 amide bonds. The summed E-state index contributed by atoms with van der Waals surface area (Å²) in [5.74, 6) is 4.69. The van der Waals surface area contributed by atoms with Crippen molar-refractivity contribution >= 4 is 0 Å². The molecule has 3 unspecified atom stereocenters. The van der Waals surface area contributed by atoms with Crippen LogP contribution in [0.2, 0.25) is 0 Å². The fourth-order valence-corrected chi connectivity index (χ4v) is 3.74. The van der Waals surface area contributed by atoms with E-state index in [0.717, 1.165) is 35.6 Å². The summed E-state index contributed by atoms with van der Waals surface area (Å²) in [5, 5.41) is 3.77. The van der Waals surface area contributed by atoms with Gasteiger partial charge in [-0.25, -0.2) is 0 Å². The van der Waals surface area contributed by atoms with Crippen molar-refractivity contribution in [1.29, 1.82) is 0 Å². The zero-order chi connectivity index (χ0) is 13.1. The summed E-state index contributed by atoms with van der Waals surface area (Å²) >= 11 is 0. The highest BCUT2D eigenvalue weighted by atomic mass is 14.9.